The molecule has 6 rings (SSSR count). The Morgan fingerprint density at radius 2 is 2.05 bits per heavy atom. The number of hydrogen-bond donors (Lipinski definition) is 1. The Bertz CT molecular complexity index is 1470. The number of nitrogens with zero attached hydrogens (tertiary/aromatic N) is 5. The summed E-state index contributed by atoms with van der Waals surface area (Å²) in [5.74, 6) is 10.0. The average molecular weight is 499 g/mol. The predicted molar refractivity (Wildman–Crippen MR) is 141 cm³/mol. The summed E-state index contributed by atoms with van der Waals surface area (Å²) in [6, 6.07) is 5.84. The third-order valence-corrected chi connectivity index (χ3v) is 7.45. The van der Waals surface area contributed by atoms with E-state index in [1.165, 1.54) is 6.33 Å². The van der Waals surface area contributed by atoms with Gasteiger partial charge in [-0.1, -0.05) is 24.1 Å². The SMILES string of the molecule is CCn1c(C#C[C@@H]2[C@H]3CN(C(=O)/C=C/CN(C)C)C[C@@H]23)c(-c2cccc3c2OCO3)c2c(N)ncnc21. The molecule has 3 aromatic rings. The third-order valence-electron chi connectivity index (χ3n) is 7.45. The number of rotatable bonds is 5. The highest BCUT2D eigenvalue weighted by atomic mass is 16.7. The lowest BCUT2D eigenvalue weighted by Crippen LogP contribution is -2.30. The average Bonchev–Trinajstić information content (AvgIpc) is 3.30. The van der Waals surface area contributed by atoms with Crippen molar-refractivity contribution < 1.29 is 14.3 Å². The van der Waals surface area contributed by atoms with Gasteiger partial charge in [0.2, 0.25) is 12.7 Å². The van der Waals surface area contributed by atoms with Crippen molar-refractivity contribution in [1.29, 1.82) is 0 Å². The van der Waals surface area contributed by atoms with E-state index in [4.69, 9.17) is 15.2 Å². The number of nitrogen functional groups attached to an aromatic ring is 1. The number of carbonyl (C=O) groups is 1. The number of anilines is 1. The summed E-state index contributed by atoms with van der Waals surface area (Å²) in [4.78, 5) is 25.3. The maximum atomic E-state index is 12.5. The second-order valence-corrected chi connectivity index (χ2v) is 10.00. The van der Waals surface area contributed by atoms with Gasteiger partial charge >= 0.3 is 0 Å². The lowest BCUT2D eigenvalue weighted by atomic mass is 10.0. The molecule has 2 N–H and O–H groups in total. The maximum absolute atomic E-state index is 12.5. The number of nitrogens with two attached hydrogens (primary N) is 1. The molecule has 1 saturated carbocycles. The lowest BCUT2D eigenvalue weighted by Gasteiger charge is -2.17. The summed E-state index contributed by atoms with van der Waals surface area (Å²) < 4.78 is 13.6. The van der Waals surface area contributed by atoms with Crippen molar-refractivity contribution in [3.63, 3.8) is 0 Å². The van der Waals surface area contributed by atoms with Crippen LogP contribution in [0.1, 0.15) is 12.6 Å². The van der Waals surface area contributed by atoms with Gasteiger partial charge in [0.05, 0.1) is 5.39 Å². The zero-order chi connectivity index (χ0) is 25.7. The first-order chi connectivity index (χ1) is 18.0. The van der Waals surface area contributed by atoms with Gasteiger partial charge in [0.15, 0.2) is 11.5 Å². The molecule has 0 spiro atoms. The molecular formula is C28H30N6O3. The fourth-order valence-corrected chi connectivity index (χ4v) is 5.56. The smallest absolute Gasteiger partial charge is 0.246 e. The Labute approximate surface area is 215 Å². The number of likely N-dealkylation sites (N-methyl/N-ethyl adjacent to an activating group) is 1. The molecule has 9 heteroatoms. The normalized spacial score (nSPS) is 21.5. The molecule has 2 fully saturated rings. The van der Waals surface area contributed by atoms with Crippen molar-refractivity contribution in [1.82, 2.24) is 24.3 Å². The second kappa shape index (κ2) is 9.12. The van der Waals surface area contributed by atoms with Crippen molar-refractivity contribution in [2.45, 2.75) is 13.5 Å². The highest BCUT2D eigenvalue weighted by Crippen LogP contribution is 2.52. The molecule has 3 aliphatic rings. The van der Waals surface area contributed by atoms with Gasteiger partial charge in [0, 0.05) is 49.3 Å². The van der Waals surface area contributed by atoms with E-state index in [-0.39, 0.29) is 18.6 Å². The zero-order valence-corrected chi connectivity index (χ0v) is 21.3. The van der Waals surface area contributed by atoms with Gasteiger partial charge in [-0.05, 0) is 44.8 Å². The van der Waals surface area contributed by atoms with Crippen LogP contribution < -0.4 is 15.2 Å². The first-order valence-corrected chi connectivity index (χ1v) is 12.6. The van der Waals surface area contributed by atoms with E-state index in [0.29, 0.717) is 35.7 Å². The van der Waals surface area contributed by atoms with Crippen LogP contribution >= 0.6 is 0 Å². The van der Waals surface area contributed by atoms with E-state index in [1.807, 2.05) is 48.2 Å². The Morgan fingerprint density at radius 3 is 2.81 bits per heavy atom. The van der Waals surface area contributed by atoms with Gasteiger partial charge in [-0.25, -0.2) is 9.97 Å². The van der Waals surface area contributed by atoms with Crippen LogP contribution in [0.2, 0.25) is 0 Å². The quantitative estimate of drug-likeness (QED) is 0.427. The summed E-state index contributed by atoms with van der Waals surface area (Å²) >= 11 is 0. The van der Waals surface area contributed by atoms with Crippen molar-refractivity contribution in [2.24, 2.45) is 17.8 Å². The van der Waals surface area contributed by atoms with Gasteiger partial charge in [-0.3, -0.25) is 4.79 Å². The van der Waals surface area contributed by atoms with E-state index in [2.05, 4.69) is 33.3 Å². The van der Waals surface area contributed by atoms with E-state index in [1.54, 1.807) is 6.08 Å². The Hall–Kier alpha value is -4.03. The minimum absolute atomic E-state index is 0.0864. The van der Waals surface area contributed by atoms with Crippen LogP contribution in [0.15, 0.2) is 36.7 Å². The lowest BCUT2D eigenvalue weighted by molar-refractivity contribution is -0.125. The minimum Gasteiger partial charge on any atom is -0.454 e. The number of aryl methyl sites for hydroxylation is 1. The predicted octanol–water partition coefficient (Wildman–Crippen LogP) is 2.60. The summed E-state index contributed by atoms with van der Waals surface area (Å²) in [5, 5.41) is 0.773. The van der Waals surface area contributed by atoms with Gasteiger partial charge in [-0.2, -0.15) is 0 Å². The summed E-state index contributed by atoms with van der Waals surface area (Å²) in [6.45, 7) is 5.20. The fraction of sp³-hybridized carbons (Fsp3) is 0.393. The van der Waals surface area contributed by atoms with Gasteiger partial charge < -0.3 is 29.6 Å². The Balaban J connectivity index is 1.32. The van der Waals surface area contributed by atoms with E-state index in [0.717, 1.165) is 47.5 Å². The van der Waals surface area contributed by atoms with Gasteiger partial charge in [0.25, 0.3) is 0 Å². The topological polar surface area (TPSA) is 98.7 Å². The molecule has 3 atom stereocenters. The van der Waals surface area contributed by atoms with Crippen LogP contribution in [0.4, 0.5) is 5.82 Å². The highest BCUT2D eigenvalue weighted by Gasteiger charge is 2.55. The molecule has 2 aromatic heterocycles. The number of likely N-dealkylation sites (tertiary alicyclic amines) is 1. The summed E-state index contributed by atoms with van der Waals surface area (Å²) in [7, 11) is 3.97. The number of para-hydroxylation sites is 1. The largest absolute Gasteiger partial charge is 0.454 e. The molecule has 2 aliphatic heterocycles. The number of amides is 1. The maximum Gasteiger partial charge on any atom is 0.246 e. The molecule has 1 aromatic carbocycles. The molecule has 1 saturated heterocycles. The standard InChI is InChI=1S/C28H30N6O3/c1-4-34-21(11-10-17-19-13-33(14-20(17)19)23(35)9-6-12-32(2)3)24(25-27(29)30-15-31-28(25)34)18-7-5-8-22-26(18)37-16-36-22/h5-9,15,17,19-20H,4,12-14,16H2,1-3H3,(H2,29,30,31)/b9-6+/t17-,19-,20+. The second-order valence-electron chi connectivity index (χ2n) is 10.00. The number of carbonyl (C=O) groups excluding carboxylic acids is 1. The van der Waals surface area contributed by atoms with Crippen LogP contribution in [-0.4, -0.2) is 70.8 Å². The van der Waals surface area contributed by atoms with Crippen molar-refractivity contribution in [3.8, 4) is 34.5 Å². The molecule has 0 radical (unpaired) electrons. The minimum atomic E-state index is 0.0864. The van der Waals surface area contributed by atoms with Crippen LogP contribution in [0.5, 0.6) is 11.5 Å². The van der Waals surface area contributed by atoms with Crippen LogP contribution in [0.3, 0.4) is 0 Å². The number of piperidine rings is 1. The Morgan fingerprint density at radius 1 is 1.24 bits per heavy atom. The fourth-order valence-electron chi connectivity index (χ4n) is 5.56. The number of aromatic nitrogens is 3. The molecule has 1 aliphatic carbocycles. The van der Waals surface area contributed by atoms with Crippen molar-refractivity contribution in [3.05, 3.63) is 42.4 Å². The van der Waals surface area contributed by atoms with Crippen molar-refractivity contribution >= 4 is 22.8 Å². The monoisotopic (exact) mass is 498 g/mol. The van der Waals surface area contributed by atoms with Crippen LogP contribution in [0, 0.1) is 29.6 Å². The number of benzene rings is 1. The van der Waals surface area contributed by atoms with Crippen molar-refractivity contribution in [2.75, 3.05) is 46.3 Å². The molecule has 0 bridgehead atoms. The van der Waals surface area contributed by atoms with Gasteiger partial charge in [-0.15, -0.1) is 0 Å². The number of fused-ring (bicyclic) bond motifs is 3. The first kappa shape index (κ1) is 23.4. The van der Waals surface area contributed by atoms with E-state index >= 15 is 0 Å². The molecule has 1 amide bonds. The van der Waals surface area contributed by atoms with Gasteiger partial charge in [0.1, 0.15) is 23.5 Å². The highest BCUT2D eigenvalue weighted by molar-refractivity contribution is 6.05. The zero-order valence-electron chi connectivity index (χ0n) is 21.3. The van der Waals surface area contributed by atoms with E-state index < -0.39 is 0 Å². The van der Waals surface area contributed by atoms with E-state index in [9.17, 15) is 4.79 Å². The molecular weight excluding hydrogens is 468 g/mol. The summed E-state index contributed by atoms with van der Waals surface area (Å²) in [6.07, 6.45) is 5.09. The molecule has 37 heavy (non-hydrogen) atoms. The first-order valence-electron chi connectivity index (χ1n) is 12.6. The number of ether oxygens (including phenoxy) is 2. The number of hydrogen-bond acceptors (Lipinski definition) is 7. The Kier molecular flexibility index (Phi) is 5.76. The van der Waals surface area contributed by atoms with Crippen LogP contribution in [0.25, 0.3) is 22.2 Å². The molecule has 4 heterocycles. The van der Waals surface area contributed by atoms with Crippen LogP contribution in [-0.2, 0) is 11.3 Å². The molecule has 9 nitrogen and oxygen atoms in total. The molecule has 0 unspecified atom stereocenters. The molecule has 190 valence electrons. The third kappa shape index (κ3) is 3.98. The summed E-state index contributed by atoms with van der Waals surface area (Å²) in [5.41, 5.74) is 9.73.